The van der Waals surface area contributed by atoms with Gasteiger partial charge in [-0.3, -0.25) is 9.59 Å². The molecule has 6 heteroatoms. The lowest BCUT2D eigenvalue weighted by Crippen LogP contribution is -2.42. The highest BCUT2D eigenvalue weighted by Gasteiger charge is 2.50. The highest BCUT2D eigenvalue weighted by atomic mass is 79.9. The van der Waals surface area contributed by atoms with Gasteiger partial charge in [0, 0.05) is 40.2 Å². The zero-order valence-corrected chi connectivity index (χ0v) is 20.0. The third kappa shape index (κ3) is 4.11. The Balaban J connectivity index is 1.44. The molecule has 170 valence electrons. The highest BCUT2D eigenvalue weighted by Crippen LogP contribution is 2.44. The summed E-state index contributed by atoms with van der Waals surface area (Å²) < 4.78 is 2.65. The second-order valence-electron chi connectivity index (χ2n) is 8.45. The van der Waals surface area contributed by atoms with Crippen LogP contribution in [-0.2, 0) is 16.8 Å². The monoisotopic (exact) mass is 514 g/mol. The number of hydrogen-bond donors (Lipinski definition) is 1. The minimum atomic E-state index is -1.92. The zero-order chi connectivity index (χ0) is 23.7. The van der Waals surface area contributed by atoms with Crippen molar-refractivity contribution in [2.75, 3.05) is 11.4 Å². The first-order valence-electron chi connectivity index (χ1n) is 11.1. The number of nitrogens with zero attached hydrogens (tertiary/aromatic N) is 2. The Kier molecular flexibility index (Phi) is 5.94. The molecule has 2 heterocycles. The third-order valence-corrected chi connectivity index (χ3v) is 6.74. The first-order chi connectivity index (χ1) is 16.5. The first-order valence-corrected chi connectivity index (χ1v) is 11.9. The van der Waals surface area contributed by atoms with E-state index in [1.807, 2.05) is 77.6 Å². The number of carbonyl (C=O) groups excluding carboxylic acids is 2. The summed E-state index contributed by atoms with van der Waals surface area (Å²) in [6.07, 6.45) is 4.11. The summed E-state index contributed by atoms with van der Waals surface area (Å²) in [5.41, 5.74) is 1.56. The molecule has 5 rings (SSSR count). The standard InChI is InChI=1S/C28H23BrN2O3/c29-22-11-12-25-24(18-22)28(34,27(33)31(25)16-13-20-7-2-1-3-8-20)19-26(32)21-9-6-10-23(17-21)30-14-4-5-15-30/h1-12,14-15,17-18,34H,13,16,19H2/t28-/m0/s1. The fourth-order valence-electron chi connectivity index (χ4n) is 4.48. The number of carbonyl (C=O) groups is 2. The predicted molar refractivity (Wildman–Crippen MR) is 135 cm³/mol. The van der Waals surface area contributed by atoms with Gasteiger partial charge in [-0.25, -0.2) is 0 Å². The molecule has 0 unspecified atom stereocenters. The number of hydrogen-bond acceptors (Lipinski definition) is 3. The highest BCUT2D eigenvalue weighted by molar-refractivity contribution is 9.10. The second-order valence-corrected chi connectivity index (χ2v) is 9.37. The third-order valence-electron chi connectivity index (χ3n) is 6.25. The van der Waals surface area contributed by atoms with E-state index >= 15 is 0 Å². The molecule has 1 aliphatic heterocycles. The first kappa shape index (κ1) is 22.3. The number of anilines is 1. The molecule has 0 radical (unpaired) electrons. The number of ketones is 1. The molecule has 0 saturated heterocycles. The minimum Gasteiger partial charge on any atom is -0.375 e. The van der Waals surface area contributed by atoms with Gasteiger partial charge in [-0.15, -0.1) is 0 Å². The van der Waals surface area contributed by atoms with Crippen molar-refractivity contribution in [1.29, 1.82) is 0 Å². The Morgan fingerprint density at radius 2 is 1.68 bits per heavy atom. The summed E-state index contributed by atoms with van der Waals surface area (Å²) in [5.74, 6) is -0.757. The Morgan fingerprint density at radius 3 is 2.44 bits per heavy atom. The largest absolute Gasteiger partial charge is 0.375 e. The molecule has 0 bridgehead atoms. The van der Waals surface area contributed by atoms with Crippen LogP contribution in [0.4, 0.5) is 5.69 Å². The summed E-state index contributed by atoms with van der Waals surface area (Å²) in [5, 5.41) is 11.7. The molecule has 4 aromatic rings. The number of aliphatic hydroxyl groups is 1. The molecule has 0 saturated carbocycles. The molecule has 0 spiro atoms. The SMILES string of the molecule is O=C(C[C@@]1(O)C(=O)N(CCc2ccccc2)c2ccc(Br)cc21)c1cccc(-n2cccc2)c1. The van der Waals surface area contributed by atoms with Crippen LogP contribution < -0.4 is 4.90 Å². The van der Waals surface area contributed by atoms with E-state index in [9.17, 15) is 14.7 Å². The predicted octanol–water partition coefficient (Wildman–Crippen LogP) is 5.29. The van der Waals surface area contributed by atoms with Crippen LogP contribution in [0, 0.1) is 0 Å². The maximum atomic E-state index is 13.5. The van der Waals surface area contributed by atoms with E-state index in [0.717, 1.165) is 15.7 Å². The average Bonchev–Trinajstić information content (AvgIpc) is 3.46. The molecule has 1 amide bonds. The van der Waals surface area contributed by atoms with E-state index < -0.39 is 11.5 Å². The minimum absolute atomic E-state index is 0.291. The van der Waals surface area contributed by atoms with Gasteiger partial charge in [-0.2, -0.15) is 0 Å². The maximum Gasteiger partial charge on any atom is 0.264 e. The average molecular weight is 515 g/mol. The van der Waals surface area contributed by atoms with Gasteiger partial charge in [0.2, 0.25) is 0 Å². The van der Waals surface area contributed by atoms with Crippen LogP contribution in [0.15, 0.2) is 102 Å². The van der Waals surface area contributed by atoms with Gasteiger partial charge in [-0.05, 0) is 54.4 Å². The van der Waals surface area contributed by atoms with Crippen LogP contribution in [0.3, 0.4) is 0 Å². The summed E-state index contributed by atoms with van der Waals surface area (Å²) in [4.78, 5) is 28.4. The Morgan fingerprint density at radius 1 is 0.912 bits per heavy atom. The fraction of sp³-hybridized carbons (Fsp3) is 0.143. The normalized spacial score (nSPS) is 17.1. The van der Waals surface area contributed by atoms with E-state index in [1.165, 1.54) is 0 Å². The van der Waals surface area contributed by atoms with Crippen LogP contribution in [0.1, 0.15) is 27.9 Å². The molecule has 34 heavy (non-hydrogen) atoms. The topological polar surface area (TPSA) is 62.5 Å². The van der Waals surface area contributed by atoms with Crippen molar-refractivity contribution in [3.8, 4) is 5.69 Å². The molecule has 3 aromatic carbocycles. The van der Waals surface area contributed by atoms with E-state index in [0.29, 0.717) is 29.8 Å². The van der Waals surface area contributed by atoms with Crippen LogP contribution in [0.25, 0.3) is 5.69 Å². The van der Waals surface area contributed by atoms with Crippen molar-refractivity contribution in [2.45, 2.75) is 18.4 Å². The Labute approximate surface area is 206 Å². The number of fused-ring (bicyclic) bond motifs is 1. The molecular formula is C28H23BrN2O3. The van der Waals surface area contributed by atoms with Crippen LogP contribution in [-0.4, -0.2) is 27.9 Å². The van der Waals surface area contributed by atoms with Gasteiger partial charge in [0.1, 0.15) is 0 Å². The van der Waals surface area contributed by atoms with Gasteiger partial charge < -0.3 is 14.6 Å². The van der Waals surface area contributed by atoms with Gasteiger partial charge in [0.15, 0.2) is 11.4 Å². The summed E-state index contributed by atoms with van der Waals surface area (Å²) in [6, 6.07) is 26.3. The van der Waals surface area contributed by atoms with Crippen molar-refractivity contribution in [3.05, 3.63) is 118 Å². The van der Waals surface area contributed by atoms with Gasteiger partial charge in [-0.1, -0.05) is 58.4 Å². The lowest BCUT2D eigenvalue weighted by atomic mass is 9.88. The van der Waals surface area contributed by atoms with Crippen molar-refractivity contribution in [3.63, 3.8) is 0 Å². The Hall–Kier alpha value is -3.48. The number of halogens is 1. The van der Waals surface area contributed by atoms with E-state index in [1.54, 1.807) is 29.2 Å². The fourth-order valence-corrected chi connectivity index (χ4v) is 4.84. The van der Waals surface area contributed by atoms with Crippen LogP contribution >= 0.6 is 15.9 Å². The smallest absolute Gasteiger partial charge is 0.264 e. The molecular weight excluding hydrogens is 492 g/mol. The molecule has 1 aromatic heterocycles. The van der Waals surface area contributed by atoms with E-state index in [2.05, 4.69) is 15.9 Å². The van der Waals surface area contributed by atoms with Gasteiger partial charge in [0.25, 0.3) is 5.91 Å². The number of rotatable bonds is 7. The van der Waals surface area contributed by atoms with Crippen molar-refractivity contribution in [2.24, 2.45) is 0 Å². The van der Waals surface area contributed by atoms with E-state index in [-0.39, 0.29) is 12.2 Å². The van der Waals surface area contributed by atoms with Crippen molar-refractivity contribution >= 4 is 33.3 Å². The summed E-state index contributed by atoms with van der Waals surface area (Å²) >= 11 is 3.45. The maximum absolute atomic E-state index is 13.5. The number of benzene rings is 3. The molecule has 0 fully saturated rings. The molecule has 1 N–H and O–H groups in total. The number of aromatic nitrogens is 1. The molecule has 0 aliphatic carbocycles. The molecule has 1 aliphatic rings. The lowest BCUT2D eigenvalue weighted by molar-refractivity contribution is -0.135. The zero-order valence-electron chi connectivity index (χ0n) is 18.4. The quantitative estimate of drug-likeness (QED) is 0.341. The van der Waals surface area contributed by atoms with Gasteiger partial charge >= 0.3 is 0 Å². The molecule has 5 nitrogen and oxygen atoms in total. The number of amides is 1. The summed E-state index contributed by atoms with van der Waals surface area (Å²) in [6.45, 7) is 0.414. The van der Waals surface area contributed by atoms with Crippen molar-refractivity contribution in [1.82, 2.24) is 4.57 Å². The van der Waals surface area contributed by atoms with Crippen LogP contribution in [0.5, 0.6) is 0 Å². The summed E-state index contributed by atoms with van der Waals surface area (Å²) in [7, 11) is 0. The lowest BCUT2D eigenvalue weighted by Gasteiger charge is -2.23. The van der Waals surface area contributed by atoms with E-state index in [4.69, 9.17) is 0 Å². The van der Waals surface area contributed by atoms with Crippen molar-refractivity contribution < 1.29 is 14.7 Å². The number of Topliss-reactive ketones (excluding diaryl/α,β-unsaturated/α-hetero) is 1. The van der Waals surface area contributed by atoms with Crippen LogP contribution in [0.2, 0.25) is 0 Å². The van der Waals surface area contributed by atoms with Gasteiger partial charge in [0.05, 0.1) is 12.1 Å². The second kappa shape index (κ2) is 9.05. The molecule has 1 atom stereocenters. The Bertz CT molecular complexity index is 1350.